The van der Waals surface area contributed by atoms with Crippen molar-refractivity contribution in [2.45, 2.75) is 33.2 Å². The Morgan fingerprint density at radius 3 is 2.84 bits per heavy atom. The topological polar surface area (TPSA) is 46.9 Å². The smallest absolute Gasteiger partial charge is 0.272 e. The molecule has 1 N–H and O–H groups in total. The van der Waals surface area contributed by atoms with Crippen molar-refractivity contribution in [3.8, 4) is 0 Å². The molecule has 0 aliphatic carbocycles. The van der Waals surface area contributed by atoms with Gasteiger partial charge in [0.1, 0.15) is 5.69 Å². The standard InChI is InChI=1S/C15H21N3O/c1-3-16-10-6-7-11-18-14-9-5-4-8-13(14)17-12(2)15(18)19/h4-5,8-9,16H,3,6-7,10-11H2,1-2H3. The van der Waals surface area contributed by atoms with Gasteiger partial charge >= 0.3 is 0 Å². The van der Waals surface area contributed by atoms with Gasteiger partial charge in [0.25, 0.3) is 5.56 Å². The van der Waals surface area contributed by atoms with E-state index in [1.807, 2.05) is 28.8 Å². The lowest BCUT2D eigenvalue weighted by Gasteiger charge is -2.11. The third-order valence-corrected chi connectivity index (χ3v) is 3.25. The van der Waals surface area contributed by atoms with Crippen LogP contribution in [-0.4, -0.2) is 22.6 Å². The van der Waals surface area contributed by atoms with Crippen molar-refractivity contribution in [2.24, 2.45) is 0 Å². The summed E-state index contributed by atoms with van der Waals surface area (Å²) in [5.41, 5.74) is 2.43. The van der Waals surface area contributed by atoms with Crippen molar-refractivity contribution in [1.29, 1.82) is 0 Å². The lowest BCUT2D eigenvalue weighted by molar-refractivity contribution is 0.574. The fraction of sp³-hybridized carbons (Fsp3) is 0.467. The molecule has 0 fully saturated rings. The van der Waals surface area contributed by atoms with Gasteiger partial charge < -0.3 is 9.88 Å². The van der Waals surface area contributed by atoms with Crippen LogP contribution in [0.25, 0.3) is 11.0 Å². The summed E-state index contributed by atoms with van der Waals surface area (Å²) in [4.78, 5) is 16.5. The lowest BCUT2D eigenvalue weighted by atomic mass is 10.2. The van der Waals surface area contributed by atoms with E-state index in [1.54, 1.807) is 6.92 Å². The number of hydrogen-bond acceptors (Lipinski definition) is 3. The first kappa shape index (κ1) is 13.7. The maximum atomic E-state index is 12.2. The summed E-state index contributed by atoms with van der Waals surface area (Å²) in [6.45, 7) is 6.65. The Balaban J connectivity index is 2.21. The minimum Gasteiger partial charge on any atom is -0.317 e. The van der Waals surface area contributed by atoms with Gasteiger partial charge in [0.05, 0.1) is 11.0 Å². The van der Waals surface area contributed by atoms with Crippen molar-refractivity contribution >= 4 is 11.0 Å². The van der Waals surface area contributed by atoms with Gasteiger partial charge in [-0.15, -0.1) is 0 Å². The molecule has 4 nitrogen and oxygen atoms in total. The van der Waals surface area contributed by atoms with Crippen molar-refractivity contribution in [3.05, 3.63) is 40.3 Å². The molecule has 2 rings (SSSR count). The van der Waals surface area contributed by atoms with Crippen LogP contribution in [0.1, 0.15) is 25.5 Å². The molecule has 0 radical (unpaired) electrons. The Bertz CT molecular complexity index is 604. The van der Waals surface area contributed by atoms with Crippen molar-refractivity contribution in [2.75, 3.05) is 13.1 Å². The highest BCUT2D eigenvalue weighted by atomic mass is 16.1. The summed E-state index contributed by atoms with van der Waals surface area (Å²) in [5, 5.41) is 3.30. The van der Waals surface area contributed by atoms with Gasteiger partial charge in [0.2, 0.25) is 0 Å². The molecular formula is C15H21N3O. The van der Waals surface area contributed by atoms with E-state index in [2.05, 4.69) is 17.2 Å². The van der Waals surface area contributed by atoms with Crippen LogP contribution < -0.4 is 10.9 Å². The van der Waals surface area contributed by atoms with E-state index >= 15 is 0 Å². The van der Waals surface area contributed by atoms with Gasteiger partial charge in [-0.1, -0.05) is 19.1 Å². The molecule has 0 atom stereocenters. The summed E-state index contributed by atoms with van der Waals surface area (Å²) in [7, 11) is 0. The lowest BCUT2D eigenvalue weighted by Crippen LogP contribution is -2.24. The molecule has 1 aromatic carbocycles. The van der Waals surface area contributed by atoms with Crippen molar-refractivity contribution < 1.29 is 0 Å². The Hall–Kier alpha value is -1.68. The molecule has 0 spiro atoms. The number of fused-ring (bicyclic) bond motifs is 1. The van der Waals surface area contributed by atoms with Crippen LogP contribution in [0.4, 0.5) is 0 Å². The van der Waals surface area contributed by atoms with Crippen molar-refractivity contribution in [1.82, 2.24) is 14.9 Å². The highest BCUT2D eigenvalue weighted by Gasteiger charge is 2.06. The predicted molar refractivity (Wildman–Crippen MR) is 78.5 cm³/mol. The number of nitrogens with zero attached hydrogens (tertiary/aromatic N) is 2. The second-order valence-corrected chi connectivity index (χ2v) is 4.70. The Kier molecular flexibility index (Phi) is 4.68. The van der Waals surface area contributed by atoms with Gasteiger partial charge in [-0.2, -0.15) is 0 Å². The minimum atomic E-state index is 0.0298. The van der Waals surface area contributed by atoms with E-state index in [0.29, 0.717) is 5.69 Å². The van der Waals surface area contributed by atoms with Gasteiger partial charge in [0, 0.05) is 6.54 Å². The monoisotopic (exact) mass is 259 g/mol. The highest BCUT2D eigenvalue weighted by Crippen LogP contribution is 2.10. The van der Waals surface area contributed by atoms with Crippen LogP contribution in [0.2, 0.25) is 0 Å². The zero-order valence-electron chi connectivity index (χ0n) is 11.6. The number of aromatic nitrogens is 2. The third kappa shape index (κ3) is 3.20. The third-order valence-electron chi connectivity index (χ3n) is 3.25. The van der Waals surface area contributed by atoms with E-state index in [0.717, 1.165) is 43.5 Å². The number of unbranched alkanes of at least 4 members (excludes halogenated alkanes) is 1. The van der Waals surface area contributed by atoms with Gasteiger partial charge in [0.15, 0.2) is 0 Å². The quantitative estimate of drug-likeness (QED) is 0.808. The summed E-state index contributed by atoms with van der Waals surface area (Å²) >= 11 is 0. The van der Waals surface area contributed by atoms with Gasteiger partial charge in [-0.25, -0.2) is 4.98 Å². The summed E-state index contributed by atoms with van der Waals surface area (Å²) < 4.78 is 1.85. The first-order valence-electron chi connectivity index (χ1n) is 6.91. The highest BCUT2D eigenvalue weighted by molar-refractivity contribution is 5.74. The average molecular weight is 259 g/mol. The Morgan fingerprint density at radius 1 is 1.26 bits per heavy atom. The molecule has 0 saturated carbocycles. The van der Waals surface area contributed by atoms with E-state index in [1.165, 1.54) is 0 Å². The maximum absolute atomic E-state index is 12.2. The van der Waals surface area contributed by atoms with E-state index in [9.17, 15) is 4.79 Å². The molecule has 0 amide bonds. The molecule has 1 aromatic heterocycles. The molecule has 102 valence electrons. The summed E-state index contributed by atoms with van der Waals surface area (Å²) in [6, 6.07) is 7.83. The molecule has 0 unspecified atom stereocenters. The van der Waals surface area contributed by atoms with Crippen molar-refractivity contribution in [3.63, 3.8) is 0 Å². The second-order valence-electron chi connectivity index (χ2n) is 4.70. The largest absolute Gasteiger partial charge is 0.317 e. The van der Waals surface area contributed by atoms with Gasteiger partial charge in [-0.3, -0.25) is 4.79 Å². The van der Waals surface area contributed by atoms with Crippen LogP contribution in [0.5, 0.6) is 0 Å². The number of nitrogens with one attached hydrogen (secondary N) is 1. The molecule has 0 aliphatic heterocycles. The fourth-order valence-electron chi connectivity index (χ4n) is 2.24. The first-order valence-corrected chi connectivity index (χ1v) is 6.91. The first-order chi connectivity index (χ1) is 9.24. The summed E-state index contributed by atoms with van der Waals surface area (Å²) in [5.74, 6) is 0. The number of aryl methyl sites for hydroxylation is 2. The molecule has 2 aromatic rings. The van der Waals surface area contributed by atoms with Crippen LogP contribution >= 0.6 is 0 Å². The Morgan fingerprint density at radius 2 is 2.05 bits per heavy atom. The number of benzene rings is 1. The fourth-order valence-corrected chi connectivity index (χ4v) is 2.24. The molecule has 0 aliphatic rings. The molecule has 0 saturated heterocycles. The van der Waals surface area contributed by atoms with E-state index < -0.39 is 0 Å². The SMILES string of the molecule is CCNCCCCn1c(=O)c(C)nc2ccccc21. The molecular weight excluding hydrogens is 238 g/mol. The number of hydrogen-bond donors (Lipinski definition) is 1. The van der Waals surface area contributed by atoms with Crippen LogP contribution in [0.15, 0.2) is 29.1 Å². The van der Waals surface area contributed by atoms with E-state index in [-0.39, 0.29) is 5.56 Å². The average Bonchev–Trinajstić information content (AvgIpc) is 2.42. The van der Waals surface area contributed by atoms with Crippen LogP contribution in [-0.2, 0) is 6.54 Å². The number of para-hydroxylation sites is 2. The Labute approximate surface area is 113 Å². The molecule has 0 bridgehead atoms. The van der Waals surface area contributed by atoms with Crippen LogP contribution in [0, 0.1) is 6.92 Å². The number of rotatable bonds is 6. The normalized spacial score (nSPS) is 11.1. The van der Waals surface area contributed by atoms with E-state index in [4.69, 9.17) is 0 Å². The molecule has 19 heavy (non-hydrogen) atoms. The summed E-state index contributed by atoms with van der Waals surface area (Å²) in [6.07, 6.45) is 2.08. The molecule has 4 heteroatoms. The second kappa shape index (κ2) is 6.48. The zero-order valence-corrected chi connectivity index (χ0v) is 11.6. The zero-order chi connectivity index (χ0) is 13.7. The predicted octanol–water partition coefficient (Wildman–Crippen LogP) is 2.09. The maximum Gasteiger partial charge on any atom is 0.272 e. The van der Waals surface area contributed by atoms with Crippen LogP contribution in [0.3, 0.4) is 0 Å². The van der Waals surface area contributed by atoms with Gasteiger partial charge in [-0.05, 0) is 45.0 Å². The molecule has 1 heterocycles. The minimum absolute atomic E-state index is 0.0298.